The molecule has 2 heterocycles. The number of carbonyl (C=O) groups is 1. The summed E-state index contributed by atoms with van der Waals surface area (Å²) in [4.78, 5) is 11.2. The summed E-state index contributed by atoms with van der Waals surface area (Å²) in [5, 5.41) is 3.37. The first kappa shape index (κ1) is 13.2. The Kier molecular flexibility index (Phi) is 3.45. The van der Waals surface area contributed by atoms with Gasteiger partial charge in [0.15, 0.2) is 4.67 Å². The molecule has 0 fully saturated rings. The van der Waals surface area contributed by atoms with Crippen molar-refractivity contribution in [3.05, 3.63) is 50.8 Å². The second kappa shape index (κ2) is 4.96. The second-order valence-electron chi connectivity index (χ2n) is 4.26. The topological polar surface area (TPSA) is 42.2 Å². The average Bonchev–Trinajstić information content (AvgIpc) is 2.92. The van der Waals surface area contributed by atoms with Gasteiger partial charge in [0.1, 0.15) is 5.76 Å². The van der Waals surface area contributed by atoms with Gasteiger partial charge in [-0.05, 0) is 45.3 Å². The second-order valence-corrected chi connectivity index (χ2v) is 6.36. The van der Waals surface area contributed by atoms with E-state index in [4.69, 9.17) is 16.0 Å². The summed E-state index contributed by atoms with van der Waals surface area (Å²) in [6.07, 6.45) is 0.390. The Balaban J connectivity index is 2.02. The first-order chi connectivity index (χ1) is 9.04. The van der Waals surface area contributed by atoms with Gasteiger partial charge in [0.05, 0.1) is 11.2 Å². The number of alkyl halides is 1. The van der Waals surface area contributed by atoms with Crippen LogP contribution in [0.3, 0.4) is 0 Å². The van der Waals surface area contributed by atoms with Gasteiger partial charge in [-0.2, -0.15) is 0 Å². The highest BCUT2D eigenvalue weighted by molar-refractivity contribution is 9.10. The zero-order valence-corrected chi connectivity index (χ0v) is 13.5. The Bertz CT molecular complexity index is 669. The Labute approximate surface area is 131 Å². The molecule has 6 heteroatoms. The third-order valence-electron chi connectivity index (χ3n) is 2.96. The molecule has 0 saturated heterocycles. The van der Waals surface area contributed by atoms with E-state index in [0.717, 1.165) is 22.6 Å². The van der Waals surface area contributed by atoms with Crippen molar-refractivity contribution in [2.45, 2.75) is 11.2 Å². The predicted octanol–water partition coefficient (Wildman–Crippen LogP) is 4.67. The van der Waals surface area contributed by atoms with Gasteiger partial charge in [-0.25, -0.2) is 0 Å². The van der Waals surface area contributed by atoms with Crippen molar-refractivity contribution >= 4 is 55.1 Å². The summed E-state index contributed by atoms with van der Waals surface area (Å²) in [6.45, 7) is 0. The summed E-state index contributed by atoms with van der Waals surface area (Å²) in [5.41, 5.74) is 2.64. The smallest absolute Gasteiger partial charge is 0.228 e. The molecule has 98 valence electrons. The molecule has 1 N–H and O–H groups in total. The molecule has 0 saturated carbocycles. The number of nitrogens with one attached hydrogen (secondary N) is 1. The summed E-state index contributed by atoms with van der Waals surface area (Å²) < 4.78 is 6.19. The van der Waals surface area contributed by atoms with Crippen LogP contribution < -0.4 is 5.32 Å². The average molecular weight is 405 g/mol. The minimum absolute atomic E-state index is 0.00455. The molecule has 0 bridgehead atoms. The molecule has 1 aromatic heterocycles. The van der Waals surface area contributed by atoms with Crippen LogP contribution in [0.1, 0.15) is 21.7 Å². The van der Waals surface area contributed by atoms with E-state index in [2.05, 4.69) is 37.2 Å². The molecule has 19 heavy (non-hydrogen) atoms. The van der Waals surface area contributed by atoms with E-state index in [9.17, 15) is 4.79 Å². The van der Waals surface area contributed by atoms with E-state index >= 15 is 0 Å². The van der Waals surface area contributed by atoms with E-state index in [1.54, 1.807) is 6.07 Å². The molecular weight excluding hydrogens is 397 g/mol. The number of carbonyl (C=O) groups excluding carboxylic acids is 1. The van der Waals surface area contributed by atoms with Gasteiger partial charge >= 0.3 is 0 Å². The lowest BCUT2D eigenvalue weighted by Gasteiger charge is -2.11. The maximum Gasteiger partial charge on any atom is 0.228 e. The highest BCUT2D eigenvalue weighted by atomic mass is 79.9. The summed E-state index contributed by atoms with van der Waals surface area (Å²) in [5.74, 6) is 0.751. The molecule has 0 aliphatic carbocycles. The number of amides is 1. The lowest BCUT2D eigenvalue weighted by Crippen LogP contribution is -2.03. The van der Waals surface area contributed by atoms with Crippen molar-refractivity contribution in [3.8, 4) is 0 Å². The molecule has 3 rings (SSSR count). The number of halogens is 3. The third kappa shape index (κ3) is 2.47. The minimum atomic E-state index is -0.146. The van der Waals surface area contributed by atoms with E-state index in [1.807, 2.05) is 18.2 Å². The van der Waals surface area contributed by atoms with Crippen molar-refractivity contribution < 1.29 is 9.21 Å². The third-order valence-corrected chi connectivity index (χ3v) is 4.66. The minimum Gasteiger partial charge on any atom is -0.453 e. The van der Waals surface area contributed by atoms with Crippen LogP contribution in [0, 0.1) is 0 Å². The largest absolute Gasteiger partial charge is 0.453 e. The van der Waals surface area contributed by atoms with Gasteiger partial charge in [0, 0.05) is 10.7 Å². The fourth-order valence-electron chi connectivity index (χ4n) is 2.08. The van der Waals surface area contributed by atoms with E-state index < -0.39 is 0 Å². The Hall–Kier alpha value is -0.780. The van der Waals surface area contributed by atoms with Crippen LogP contribution in [0.25, 0.3) is 0 Å². The Morgan fingerprint density at radius 1 is 1.37 bits per heavy atom. The first-order valence-electron chi connectivity index (χ1n) is 5.56. The van der Waals surface area contributed by atoms with Crippen molar-refractivity contribution in [1.82, 2.24) is 0 Å². The molecule has 1 amide bonds. The number of furan rings is 1. The standard InChI is InChI=1S/C13H8Br2ClNO2/c14-11-2-1-10(19-11)13(15)7-3-6-4-12(18)17-9(6)5-8(7)16/h1-3,5,13H,4H2,(H,17,18). The van der Waals surface area contributed by atoms with Crippen molar-refractivity contribution in [1.29, 1.82) is 0 Å². The summed E-state index contributed by atoms with van der Waals surface area (Å²) >= 11 is 13.1. The number of anilines is 1. The maximum atomic E-state index is 11.4. The van der Waals surface area contributed by atoms with Crippen molar-refractivity contribution in [2.24, 2.45) is 0 Å². The summed E-state index contributed by atoms with van der Waals surface area (Å²) in [6, 6.07) is 7.42. The molecular formula is C13H8Br2ClNO2. The molecule has 3 nitrogen and oxygen atoms in total. The van der Waals surface area contributed by atoms with E-state index in [0.29, 0.717) is 16.1 Å². The van der Waals surface area contributed by atoms with Crippen molar-refractivity contribution in [3.63, 3.8) is 0 Å². The number of hydrogen-bond acceptors (Lipinski definition) is 2. The fourth-order valence-corrected chi connectivity index (χ4v) is 3.43. The van der Waals surface area contributed by atoms with Crippen LogP contribution in [0.4, 0.5) is 5.69 Å². The van der Waals surface area contributed by atoms with Crippen LogP contribution in [0.15, 0.2) is 33.4 Å². The van der Waals surface area contributed by atoms with Crippen LogP contribution in [-0.4, -0.2) is 5.91 Å². The molecule has 1 aliphatic rings. The quantitative estimate of drug-likeness (QED) is 0.738. The number of benzene rings is 1. The zero-order valence-electron chi connectivity index (χ0n) is 9.54. The maximum absolute atomic E-state index is 11.4. The number of fused-ring (bicyclic) bond motifs is 1. The van der Waals surface area contributed by atoms with Gasteiger partial charge in [-0.1, -0.05) is 33.6 Å². The molecule has 1 atom stereocenters. The highest BCUT2D eigenvalue weighted by Crippen LogP contribution is 2.40. The van der Waals surface area contributed by atoms with Gasteiger partial charge in [0.25, 0.3) is 0 Å². The van der Waals surface area contributed by atoms with Crippen LogP contribution in [0.2, 0.25) is 5.02 Å². The van der Waals surface area contributed by atoms with Crippen LogP contribution in [0.5, 0.6) is 0 Å². The van der Waals surface area contributed by atoms with Gasteiger partial charge in [0.2, 0.25) is 5.91 Å². The molecule has 1 aliphatic heterocycles. The molecule has 1 unspecified atom stereocenters. The zero-order chi connectivity index (χ0) is 13.6. The highest BCUT2D eigenvalue weighted by Gasteiger charge is 2.23. The van der Waals surface area contributed by atoms with E-state index in [1.165, 1.54) is 0 Å². The molecule has 0 radical (unpaired) electrons. The first-order valence-corrected chi connectivity index (χ1v) is 7.65. The monoisotopic (exact) mass is 403 g/mol. The lowest BCUT2D eigenvalue weighted by molar-refractivity contribution is -0.115. The predicted molar refractivity (Wildman–Crippen MR) is 81.0 cm³/mol. The number of hydrogen-bond donors (Lipinski definition) is 1. The SMILES string of the molecule is O=C1Cc2cc(C(Br)c3ccc(Br)o3)c(Cl)cc2N1. The van der Waals surface area contributed by atoms with Crippen molar-refractivity contribution in [2.75, 3.05) is 5.32 Å². The molecule has 2 aromatic rings. The fraction of sp³-hybridized carbons (Fsp3) is 0.154. The van der Waals surface area contributed by atoms with Gasteiger partial charge < -0.3 is 9.73 Å². The van der Waals surface area contributed by atoms with Crippen LogP contribution in [-0.2, 0) is 11.2 Å². The van der Waals surface area contributed by atoms with Gasteiger partial charge in [-0.3, -0.25) is 4.79 Å². The normalized spacial score (nSPS) is 15.2. The van der Waals surface area contributed by atoms with Crippen LogP contribution >= 0.6 is 43.5 Å². The Morgan fingerprint density at radius 2 is 2.16 bits per heavy atom. The van der Waals surface area contributed by atoms with Gasteiger partial charge in [-0.15, -0.1) is 0 Å². The molecule has 1 aromatic carbocycles. The Morgan fingerprint density at radius 3 is 2.84 bits per heavy atom. The summed E-state index contributed by atoms with van der Waals surface area (Å²) in [7, 11) is 0. The number of rotatable bonds is 2. The van der Waals surface area contributed by atoms with E-state index in [-0.39, 0.29) is 10.7 Å². The lowest BCUT2D eigenvalue weighted by atomic mass is 10.0. The molecule has 0 spiro atoms.